The molecule has 0 saturated carbocycles. The Hall–Kier alpha value is -3.38. The summed E-state index contributed by atoms with van der Waals surface area (Å²) in [6.45, 7) is 2.58. The highest BCUT2D eigenvalue weighted by Gasteiger charge is 2.18. The number of anilines is 1. The first-order valence-electron chi connectivity index (χ1n) is 7.32. The maximum Gasteiger partial charge on any atom is 0.320 e. The molecule has 3 aromatic rings. The summed E-state index contributed by atoms with van der Waals surface area (Å²) in [4.78, 5) is 23.0. The van der Waals surface area contributed by atoms with Gasteiger partial charge in [0.15, 0.2) is 17.0 Å². The van der Waals surface area contributed by atoms with Crippen LogP contribution in [-0.2, 0) is 11.3 Å². The molecule has 2 heterocycles. The number of benzene rings is 1. The smallest absolute Gasteiger partial charge is 0.320 e. The summed E-state index contributed by atoms with van der Waals surface area (Å²) in [6, 6.07) is 9.53. The van der Waals surface area contributed by atoms with E-state index in [0.717, 1.165) is 11.8 Å². The van der Waals surface area contributed by atoms with Gasteiger partial charge in [0.1, 0.15) is 5.94 Å². The Kier molecular flexibility index (Phi) is 4.40. The SMILES string of the molecule is CCOc1nc(NC=C=O)c2nc(O)n(Cc3ccccc3)c2n1. The van der Waals surface area contributed by atoms with E-state index < -0.39 is 0 Å². The Morgan fingerprint density at radius 1 is 1.29 bits per heavy atom. The molecular weight excluding hydrogens is 310 g/mol. The van der Waals surface area contributed by atoms with E-state index in [1.165, 1.54) is 0 Å². The van der Waals surface area contributed by atoms with E-state index in [1.54, 1.807) is 10.5 Å². The summed E-state index contributed by atoms with van der Waals surface area (Å²) >= 11 is 0. The number of nitrogens with one attached hydrogen (secondary N) is 1. The molecule has 0 fully saturated rings. The zero-order valence-corrected chi connectivity index (χ0v) is 12.9. The Bertz CT molecular complexity index is 901. The second kappa shape index (κ2) is 6.80. The van der Waals surface area contributed by atoms with Crippen LogP contribution in [0.5, 0.6) is 12.0 Å². The standard InChI is InChI=1S/C16H15N5O3/c1-2-24-15-19-13(17-8-9-22)12-14(20-15)21(16(23)18-12)10-11-6-4-3-5-7-11/h3-8H,2,10H2,1H3,(H,18,23)(H,17,19,20). The first-order valence-corrected chi connectivity index (χ1v) is 7.32. The summed E-state index contributed by atoms with van der Waals surface area (Å²) in [5.74, 6) is 1.87. The molecule has 0 radical (unpaired) electrons. The van der Waals surface area contributed by atoms with Crippen LogP contribution in [0.15, 0.2) is 36.5 Å². The van der Waals surface area contributed by atoms with Gasteiger partial charge >= 0.3 is 6.01 Å². The molecule has 0 bridgehead atoms. The average Bonchev–Trinajstić information content (AvgIpc) is 2.90. The third-order valence-electron chi connectivity index (χ3n) is 3.28. The molecule has 0 aliphatic rings. The quantitative estimate of drug-likeness (QED) is 0.665. The monoisotopic (exact) mass is 325 g/mol. The van der Waals surface area contributed by atoms with E-state index >= 15 is 0 Å². The third-order valence-corrected chi connectivity index (χ3v) is 3.28. The van der Waals surface area contributed by atoms with E-state index in [0.29, 0.717) is 24.3 Å². The number of hydrogen-bond donors (Lipinski definition) is 2. The lowest BCUT2D eigenvalue weighted by Gasteiger charge is -2.07. The van der Waals surface area contributed by atoms with Crippen LogP contribution in [0.3, 0.4) is 0 Å². The zero-order valence-electron chi connectivity index (χ0n) is 12.9. The number of nitrogens with zero attached hydrogens (tertiary/aromatic N) is 4. The van der Waals surface area contributed by atoms with Crippen LogP contribution in [0, 0.1) is 0 Å². The van der Waals surface area contributed by atoms with Crippen LogP contribution < -0.4 is 10.1 Å². The van der Waals surface area contributed by atoms with Crippen molar-refractivity contribution in [2.75, 3.05) is 11.9 Å². The van der Waals surface area contributed by atoms with Crippen molar-refractivity contribution in [2.45, 2.75) is 13.5 Å². The fraction of sp³-hybridized carbons (Fsp3) is 0.188. The normalized spacial score (nSPS) is 10.4. The number of rotatable bonds is 6. The number of imidazole rings is 1. The van der Waals surface area contributed by atoms with E-state index in [-0.39, 0.29) is 17.8 Å². The van der Waals surface area contributed by atoms with Crippen molar-refractivity contribution in [3.63, 3.8) is 0 Å². The van der Waals surface area contributed by atoms with Gasteiger partial charge in [-0.2, -0.15) is 15.0 Å². The van der Waals surface area contributed by atoms with Gasteiger partial charge in [0.05, 0.1) is 19.4 Å². The Morgan fingerprint density at radius 3 is 2.79 bits per heavy atom. The minimum Gasteiger partial charge on any atom is -0.480 e. The molecule has 1 aromatic carbocycles. The number of hydrogen-bond acceptors (Lipinski definition) is 7. The van der Waals surface area contributed by atoms with Crippen molar-refractivity contribution in [3.05, 3.63) is 42.1 Å². The van der Waals surface area contributed by atoms with Crippen LogP contribution >= 0.6 is 0 Å². The molecule has 2 N–H and O–H groups in total. The summed E-state index contributed by atoms with van der Waals surface area (Å²) in [7, 11) is 0. The Morgan fingerprint density at radius 2 is 2.08 bits per heavy atom. The van der Waals surface area contributed by atoms with Gasteiger partial charge in [-0.15, -0.1) is 0 Å². The molecule has 122 valence electrons. The molecule has 24 heavy (non-hydrogen) atoms. The van der Waals surface area contributed by atoms with Gasteiger partial charge in [0, 0.05) is 0 Å². The van der Waals surface area contributed by atoms with Crippen LogP contribution in [0.2, 0.25) is 0 Å². The molecule has 0 amide bonds. The topological polar surface area (TPSA) is 102 Å². The van der Waals surface area contributed by atoms with Crippen molar-refractivity contribution in [3.8, 4) is 12.0 Å². The number of aromatic hydroxyl groups is 1. The average molecular weight is 325 g/mol. The second-order valence-electron chi connectivity index (χ2n) is 4.85. The predicted octanol–water partition coefficient (Wildman–Crippen LogP) is 1.74. The van der Waals surface area contributed by atoms with Crippen LogP contribution in [0.1, 0.15) is 12.5 Å². The van der Waals surface area contributed by atoms with Gasteiger partial charge in [0.25, 0.3) is 6.01 Å². The molecule has 0 unspecified atom stereocenters. The Balaban J connectivity index is 2.13. The third kappa shape index (κ3) is 3.04. The van der Waals surface area contributed by atoms with E-state index in [1.807, 2.05) is 37.3 Å². The molecule has 0 saturated heterocycles. The highest BCUT2D eigenvalue weighted by molar-refractivity contribution is 5.85. The van der Waals surface area contributed by atoms with E-state index in [9.17, 15) is 9.90 Å². The lowest BCUT2D eigenvalue weighted by molar-refractivity contribution is 0.314. The first kappa shape index (κ1) is 15.5. The lowest BCUT2D eigenvalue weighted by atomic mass is 10.2. The summed E-state index contributed by atoms with van der Waals surface area (Å²) in [5.41, 5.74) is 1.71. The Labute approximate surface area is 137 Å². The maximum absolute atomic E-state index is 10.4. The van der Waals surface area contributed by atoms with Crippen molar-refractivity contribution in [2.24, 2.45) is 0 Å². The van der Waals surface area contributed by atoms with Gasteiger partial charge < -0.3 is 15.2 Å². The van der Waals surface area contributed by atoms with Crippen LogP contribution in [0.25, 0.3) is 11.2 Å². The minimum absolute atomic E-state index is 0.126. The molecule has 0 aliphatic carbocycles. The van der Waals surface area contributed by atoms with Gasteiger partial charge in [-0.25, -0.2) is 4.79 Å². The molecular formula is C16H15N5O3. The number of fused-ring (bicyclic) bond motifs is 1. The van der Waals surface area contributed by atoms with Crippen LogP contribution in [0.4, 0.5) is 5.82 Å². The molecule has 0 atom stereocenters. The van der Waals surface area contributed by atoms with Crippen LogP contribution in [-0.4, -0.2) is 37.2 Å². The second-order valence-corrected chi connectivity index (χ2v) is 4.85. The summed E-state index contributed by atoms with van der Waals surface area (Å²) < 4.78 is 6.90. The highest BCUT2D eigenvalue weighted by atomic mass is 16.5. The van der Waals surface area contributed by atoms with Gasteiger partial charge in [0.2, 0.25) is 0 Å². The summed E-state index contributed by atoms with van der Waals surface area (Å²) in [5, 5.41) is 12.9. The fourth-order valence-electron chi connectivity index (χ4n) is 2.27. The summed E-state index contributed by atoms with van der Waals surface area (Å²) in [6.07, 6.45) is 1.06. The van der Waals surface area contributed by atoms with Crippen molar-refractivity contribution in [1.29, 1.82) is 0 Å². The van der Waals surface area contributed by atoms with Crippen molar-refractivity contribution < 1.29 is 14.6 Å². The predicted molar refractivity (Wildman–Crippen MR) is 87.6 cm³/mol. The molecule has 0 aliphatic heterocycles. The highest BCUT2D eigenvalue weighted by Crippen LogP contribution is 2.27. The van der Waals surface area contributed by atoms with Gasteiger partial charge in [-0.1, -0.05) is 30.3 Å². The van der Waals surface area contributed by atoms with Crippen molar-refractivity contribution in [1.82, 2.24) is 19.5 Å². The molecule has 0 spiro atoms. The first-order chi connectivity index (χ1) is 11.7. The molecule has 2 aromatic heterocycles. The number of carbonyl (C=O) groups excluding carboxylic acids is 1. The minimum atomic E-state index is -0.199. The maximum atomic E-state index is 10.4. The molecule has 8 nitrogen and oxygen atoms in total. The van der Waals surface area contributed by atoms with Gasteiger partial charge in [-0.05, 0) is 12.5 Å². The van der Waals surface area contributed by atoms with E-state index in [4.69, 9.17) is 4.74 Å². The molecule has 3 rings (SSSR count). The largest absolute Gasteiger partial charge is 0.480 e. The number of aromatic nitrogens is 4. The number of ether oxygens (including phenoxy) is 1. The lowest BCUT2D eigenvalue weighted by Crippen LogP contribution is -2.05. The van der Waals surface area contributed by atoms with Crippen molar-refractivity contribution >= 4 is 22.9 Å². The zero-order chi connectivity index (χ0) is 16.9. The van der Waals surface area contributed by atoms with E-state index in [2.05, 4.69) is 20.3 Å². The van der Waals surface area contributed by atoms with Gasteiger partial charge in [-0.3, -0.25) is 4.57 Å². The fourth-order valence-corrected chi connectivity index (χ4v) is 2.27. The molecule has 8 heteroatoms.